The van der Waals surface area contributed by atoms with Crippen molar-refractivity contribution in [3.05, 3.63) is 24.3 Å². The minimum Gasteiger partial charge on any atom is -0.469 e. The molecule has 1 aliphatic rings. The Morgan fingerprint density at radius 1 is 1.30 bits per heavy atom. The van der Waals surface area contributed by atoms with Crippen molar-refractivity contribution in [2.45, 2.75) is 30.2 Å². The number of sulfonamides is 1. The summed E-state index contributed by atoms with van der Waals surface area (Å²) in [5, 5.41) is 3.03. The molecule has 2 rings (SSSR count). The highest BCUT2D eigenvalue weighted by Gasteiger charge is 2.27. The van der Waals surface area contributed by atoms with Gasteiger partial charge in [-0.15, -0.1) is 0 Å². The van der Waals surface area contributed by atoms with Crippen LogP contribution in [0.5, 0.6) is 0 Å². The third-order valence-electron chi connectivity index (χ3n) is 2.95. The molecule has 20 heavy (non-hydrogen) atoms. The van der Waals surface area contributed by atoms with E-state index in [0.717, 1.165) is 18.5 Å². The molecule has 1 saturated carbocycles. The van der Waals surface area contributed by atoms with Gasteiger partial charge in [0.25, 0.3) is 0 Å². The van der Waals surface area contributed by atoms with Gasteiger partial charge in [-0.2, -0.15) is 0 Å². The lowest BCUT2D eigenvalue weighted by atomic mass is 10.3. The van der Waals surface area contributed by atoms with Crippen molar-refractivity contribution in [1.29, 1.82) is 0 Å². The molecule has 7 heteroatoms. The lowest BCUT2D eigenvalue weighted by Gasteiger charge is -2.08. The van der Waals surface area contributed by atoms with Crippen molar-refractivity contribution in [2.24, 2.45) is 0 Å². The first-order chi connectivity index (χ1) is 9.51. The van der Waals surface area contributed by atoms with Crippen LogP contribution < -0.4 is 10.0 Å². The second-order valence-corrected chi connectivity index (χ2v) is 6.39. The van der Waals surface area contributed by atoms with Gasteiger partial charge in [0.05, 0.1) is 18.4 Å². The number of methoxy groups -OCH3 is 1. The average Bonchev–Trinajstić information content (AvgIpc) is 3.22. The summed E-state index contributed by atoms with van der Waals surface area (Å²) < 4.78 is 31.0. The smallest absolute Gasteiger partial charge is 0.307 e. The largest absolute Gasteiger partial charge is 0.469 e. The van der Waals surface area contributed by atoms with Crippen molar-refractivity contribution in [3.63, 3.8) is 0 Å². The van der Waals surface area contributed by atoms with Crippen molar-refractivity contribution in [1.82, 2.24) is 4.72 Å². The molecule has 110 valence electrons. The Morgan fingerprint density at radius 3 is 2.50 bits per heavy atom. The van der Waals surface area contributed by atoms with E-state index >= 15 is 0 Å². The molecular weight excluding hydrogens is 280 g/mol. The van der Waals surface area contributed by atoms with Crippen LogP contribution in [0, 0.1) is 0 Å². The van der Waals surface area contributed by atoms with Gasteiger partial charge in [-0.25, -0.2) is 13.1 Å². The average molecular weight is 298 g/mol. The standard InChI is InChI=1S/C13H18N2O4S/c1-19-13(16)8-9-14-10-4-6-12(7-5-10)20(17,18)15-11-2-3-11/h4-7,11,14-15H,2-3,8-9H2,1H3. The maximum Gasteiger partial charge on any atom is 0.307 e. The summed E-state index contributed by atoms with van der Waals surface area (Å²) in [6, 6.07) is 6.55. The molecule has 2 N–H and O–H groups in total. The van der Waals surface area contributed by atoms with Gasteiger partial charge in [0.2, 0.25) is 10.0 Å². The Labute approximate surface area is 118 Å². The maximum atomic E-state index is 11.9. The fraction of sp³-hybridized carbons (Fsp3) is 0.462. The SMILES string of the molecule is COC(=O)CCNc1ccc(S(=O)(=O)NC2CC2)cc1. The summed E-state index contributed by atoms with van der Waals surface area (Å²) in [7, 11) is -2.06. The number of carbonyl (C=O) groups is 1. The Kier molecular flexibility index (Phi) is 4.61. The zero-order chi connectivity index (χ0) is 14.6. The zero-order valence-electron chi connectivity index (χ0n) is 11.3. The van der Waals surface area contributed by atoms with Gasteiger partial charge in [0.1, 0.15) is 0 Å². The molecule has 1 aromatic rings. The molecule has 1 fully saturated rings. The van der Waals surface area contributed by atoms with Gasteiger partial charge >= 0.3 is 5.97 Å². The summed E-state index contributed by atoms with van der Waals surface area (Å²) in [6.07, 6.45) is 2.08. The number of anilines is 1. The number of benzene rings is 1. The molecule has 0 heterocycles. The van der Waals surface area contributed by atoms with E-state index in [2.05, 4.69) is 14.8 Å². The zero-order valence-corrected chi connectivity index (χ0v) is 12.1. The first-order valence-electron chi connectivity index (χ1n) is 6.44. The molecule has 0 bridgehead atoms. The third-order valence-corrected chi connectivity index (χ3v) is 4.49. The summed E-state index contributed by atoms with van der Waals surface area (Å²) in [6.45, 7) is 0.444. The first kappa shape index (κ1) is 14.8. The van der Waals surface area contributed by atoms with Crippen LogP contribution in [0.25, 0.3) is 0 Å². The molecular formula is C13H18N2O4S. The van der Waals surface area contributed by atoms with Crippen LogP contribution in [0.4, 0.5) is 5.69 Å². The molecule has 0 atom stereocenters. The Balaban J connectivity index is 1.90. The van der Waals surface area contributed by atoms with Gasteiger partial charge in [-0.05, 0) is 37.1 Å². The van der Waals surface area contributed by atoms with Crippen LogP contribution >= 0.6 is 0 Å². The number of rotatable bonds is 7. The molecule has 0 saturated heterocycles. The molecule has 0 unspecified atom stereocenters. The summed E-state index contributed by atoms with van der Waals surface area (Å²) in [5.41, 5.74) is 0.763. The second kappa shape index (κ2) is 6.23. The lowest BCUT2D eigenvalue weighted by Crippen LogP contribution is -2.25. The number of nitrogens with one attached hydrogen (secondary N) is 2. The number of carbonyl (C=O) groups excluding carboxylic acids is 1. The topological polar surface area (TPSA) is 84.5 Å². The first-order valence-corrected chi connectivity index (χ1v) is 7.92. The van der Waals surface area contributed by atoms with E-state index in [4.69, 9.17) is 0 Å². The fourth-order valence-electron chi connectivity index (χ4n) is 1.65. The molecule has 0 aromatic heterocycles. The van der Waals surface area contributed by atoms with Crippen molar-refractivity contribution in [2.75, 3.05) is 19.0 Å². The van der Waals surface area contributed by atoms with E-state index in [0.29, 0.717) is 6.54 Å². The summed E-state index contributed by atoms with van der Waals surface area (Å²) >= 11 is 0. The molecule has 1 aliphatic carbocycles. The second-order valence-electron chi connectivity index (χ2n) is 4.67. The third kappa shape index (κ3) is 4.21. The highest BCUT2D eigenvalue weighted by Crippen LogP contribution is 2.22. The van der Waals surface area contributed by atoms with Gasteiger partial charge in [0, 0.05) is 18.3 Å². The number of hydrogen-bond donors (Lipinski definition) is 2. The molecule has 0 aliphatic heterocycles. The van der Waals surface area contributed by atoms with Gasteiger partial charge in [-0.1, -0.05) is 0 Å². The predicted molar refractivity (Wildman–Crippen MR) is 74.9 cm³/mol. The monoisotopic (exact) mass is 298 g/mol. The maximum absolute atomic E-state index is 11.9. The summed E-state index contributed by atoms with van der Waals surface area (Å²) in [5.74, 6) is -0.287. The Hall–Kier alpha value is -1.60. The van der Waals surface area contributed by atoms with Crippen molar-refractivity contribution in [3.8, 4) is 0 Å². The van der Waals surface area contributed by atoms with Crippen LogP contribution in [-0.2, 0) is 19.6 Å². The van der Waals surface area contributed by atoms with E-state index in [-0.39, 0.29) is 23.3 Å². The van der Waals surface area contributed by atoms with E-state index in [1.54, 1.807) is 24.3 Å². The van der Waals surface area contributed by atoms with Crippen LogP contribution in [0.15, 0.2) is 29.2 Å². The number of hydrogen-bond acceptors (Lipinski definition) is 5. The van der Waals surface area contributed by atoms with Crippen molar-refractivity contribution < 1.29 is 17.9 Å². The number of ether oxygens (including phenoxy) is 1. The predicted octanol–water partition coefficient (Wildman–Crippen LogP) is 1.10. The fourth-order valence-corrected chi connectivity index (χ4v) is 2.96. The molecule has 6 nitrogen and oxygen atoms in total. The molecule has 0 radical (unpaired) electrons. The van der Waals surface area contributed by atoms with E-state index in [1.165, 1.54) is 7.11 Å². The lowest BCUT2D eigenvalue weighted by molar-refractivity contribution is -0.140. The minimum atomic E-state index is -3.40. The van der Waals surface area contributed by atoms with Crippen LogP contribution in [0.2, 0.25) is 0 Å². The van der Waals surface area contributed by atoms with Crippen molar-refractivity contribution >= 4 is 21.7 Å². The van der Waals surface area contributed by atoms with Crippen LogP contribution in [0.3, 0.4) is 0 Å². The summed E-state index contributed by atoms with van der Waals surface area (Å²) in [4.78, 5) is 11.2. The Bertz CT molecular complexity index is 565. The van der Waals surface area contributed by atoms with Crippen LogP contribution in [-0.4, -0.2) is 34.1 Å². The Morgan fingerprint density at radius 2 is 1.95 bits per heavy atom. The molecule has 0 spiro atoms. The van der Waals surface area contributed by atoms with Gasteiger partial charge in [-0.3, -0.25) is 4.79 Å². The highest BCUT2D eigenvalue weighted by atomic mass is 32.2. The number of esters is 1. The van der Waals surface area contributed by atoms with E-state index in [9.17, 15) is 13.2 Å². The van der Waals surface area contributed by atoms with Crippen LogP contribution in [0.1, 0.15) is 19.3 Å². The minimum absolute atomic E-state index is 0.0952. The quantitative estimate of drug-likeness (QED) is 0.736. The molecule has 0 amide bonds. The molecule has 1 aromatic carbocycles. The normalized spacial score (nSPS) is 14.8. The van der Waals surface area contributed by atoms with Gasteiger partial charge < -0.3 is 10.1 Å². The van der Waals surface area contributed by atoms with E-state index in [1.807, 2.05) is 0 Å². The van der Waals surface area contributed by atoms with E-state index < -0.39 is 10.0 Å². The van der Waals surface area contributed by atoms with Gasteiger partial charge in [0.15, 0.2) is 0 Å². The highest BCUT2D eigenvalue weighted by molar-refractivity contribution is 7.89.